The van der Waals surface area contributed by atoms with E-state index in [0.717, 1.165) is 96.3 Å². The Kier molecular flexibility index (Phi) is 27.4. The average Bonchev–Trinajstić information content (AvgIpc) is 3.13. The molecule has 0 saturated heterocycles. The Bertz CT molecular complexity index is 877. The minimum Gasteiger partial charge on any atom is -0.464 e. The topological polar surface area (TPSA) is 166 Å². The van der Waals surface area contributed by atoms with Crippen molar-refractivity contribution >= 4 is 35.6 Å². The monoisotopic (exact) mass is 724 g/mol. The van der Waals surface area contributed by atoms with Crippen molar-refractivity contribution in [3.8, 4) is 0 Å². The maximum absolute atomic E-state index is 13.2. The maximum atomic E-state index is 13.2. The summed E-state index contributed by atoms with van der Waals surface area (Å²) in [6.45, 7) is 6.39. The first-order chi connectivity index (χ1) is 24.7. The van der Waals surface area contributed by atoms with E-state index in [4.69, 9.17) is 14.2 Å². The maximum Gasteiger partial charge on any atom is 0.325 e. The highest BCUT2D eigenvalue weighted by molar-refractivity contribution is 5.89. The fourth-order valence-corrected chi connectivity index (χ4v) is 6.23. The minimum atomic E-state index is -0.740. The molecule has 0 radical (unpaired) electrons. The fraction of sp³-hybridized carbons (Fsp3) is 0.846. The minimum absolute atomic E-state index is 0.140. The molecular formula is C39H69N3O9. The summed E-state index contributed by atoms with van der Waals surface area (Å²) in [6, 6.07) is 0. The van der Waals surface area contributed by atoms with Crippen molar-refractivity contribution < 1.29 is 43.0 Å². The molecule has 0 aromatic carbocycles. The van der Waals surface area contributed by atoms with Gasteiger partial charge in [-0.25, -0.2) is 0 Å². The quantitative estimate of drug-likeness (QED) is 0.0452. The van der Waals surface area contributed by atoms with E-state index in [9.17, 15) is 28.8 Å². The Morgan fingerprint density at radius 3 is 0.882 bits per heavy atom. The Hall–Kier alpha value is -3.18. The molecule has 3 amide bonds. The van der Waals surface area contributed by atoms with Gasteiger partial charge in [-0.3, -0.25) is 28.8 Å². The van der Waals surface area contributed by atoms with E-state index in [1.54, 1.807) is 0 Å². The van der Waals surface area contributed by atoms with Gasteiger partial charge < -0.3 is 30.2 Å². The lowest BCUT2D eigenvalue weighted by atomic mass is 9.74. The van der Waals surface area contributed by atoms with Gasteiger partial charge in [0.05, 0.1) is 19.8 Å². The number of hydrogen-bond acceptors (Lipinski definition) is 9. The molecule has 12 nitrogen and oxygen atoms in total. The van der Waals surface area contributed by atoms with Crippen molar-refractivity contribution in [3.63, 3.8) is 0 Å². The van der Waals surface area contributed by atoms with Crippen LogP contribution in [0.5, 0.6) is 0 Å². The summed E-state index contributed by atoms with van der Waals surface area (Å²) in [4.78, 5) is 76.3. The smallest absolute Gasteiger partial charge is 0.325 e. The first-order valence-electron chi connectivity index (χ1n) is 20.0. The molecule has 0 aliphatic heterocycles. The zero-order chi connectivity index (χ0) is 37.5. The van der Waals surface area contributed by atoms with Crippen molar-refractivity contribution in [2.45, 2.75) is 156 Å². The van der Waals surface area contributed by atoms with Crippen molar-refractivity contribution in [2.75, 3.05) is 39.5 Å². The summed E-state index contributed by atoms with van der Waals surface area (Å²) in [5.41, 5.74) is 0. The van der Waals surface area contributed by atoms with Gasteiger partial charge in [0.25, 0.3) is 0 Å². The second kappa shape index (κ2) is 30.4. The van der Waals surface area contributed by atoms with Gasteiger partial charge in [-0.15, -0.1) is 0 Å². The number of ether oxygens (including phenoxy) is 3. The zero-order valence-electron chi connectivity index (χ0n) is 32.0. The Balaban J connectivity index is 2.65. The van der Waals surface area contributed by atoms with Gasteiger partial charge in [-0.1, -0.05) is 117 Å². The highest BCUT2D eigenvalue weighted by Gasteiger charge is 2.39. The van der Waals surface area contributed by atoms with Crippen LogP contribution < -0.4 is 16.0 Å². The number of rotatable bonds is 30. The zero-order valence-corrected chi connectivity index (χ0v) is 32.0. The molecule has 0 heterocycles. The molecule has 0 atom stereocenters. The molecule has 1 fully saturated rings. The second-order valence-electron chi connectivity index (χ2n) is 13.9. The summed E-state index contributed by atoms with van der Waals surface area (Å²) in [7, 11) is 0. The molecule has 1 rings (SSSR count). The molecule has 0 aromatic heterocycles. The van der Waals surface area contributed by atoms with Gasteiger partial charge >= 0.3 is 17.9 Å². The van der Waals surface area contributed by atoms with Crippen molar-refractivity contribution in [3.05, 3.63) is 0 Å². The van der Waals surface area contributed by atoms with Crippen molar-refractivity contribution in [2.24, 2.45) is 17.8 Å². The lowest BCUT2D eigenvalue weighted by Gasteiger charge is -2.32. The predicted octanol–water partition coefficient (Wildman–Crippen LogP) is 6.08. The van der Waals surface area contributed by atoms with Crippen molar-refractivity contribution in [1.82, 2.24) is 16.0 Å². The highest BCUT2D eigenvalue weighted by Crippen LogP contribution is 2.34. The third-order valence-electron chi connectivity index (χ3n) is 9.32. The molecule has 3 N–H and O–H groups in total. The van der Waals surface area contributed by atoms with Crippen LogP contribution in [0.25, 0.3) is 0 Å². The molecule has 0 aromatic rings. The summed E-state index contributed by atoms with van der Waals surface area (Å²) in [6.07, 6.45) is 19.4. The number of amides is 3. The van der Waals surface area contributed by atoms with Gasteiger partial charge in [0.2, 0.25) is 17.7 Å². The number of nitrogens with one attached hydrogen (secondary N) is 3. The molecule has 0 bridgehead atoms. The van der Waals surface area contributed by atoms with Crippen molar-refractivity contribution in [1.29, 1.82) is 0 Å². The standard InChI is InChI=1S/C39H69N3O9/c1-4-7-10-13-16-19-22-49-34(43)28-40-37(46)31-25-32(38(47)41-29-35(44)50-23-20-17-14-11-8-5-2)27-33(26-31)39(48)42-30-36(45)51-24-21-18-15-12-9-6-3/h31-33H,4-30H2,1-3H3,(H,40,46)(H,41,47)(H,42,48). The summed E-state index contributed by atoms with van der Waals surface area (Å²) in [5, 5.41) is 7.81. The van der Waals surface area contributed by atoms with Gasteiger partial charge in [0, 0.05) is 17.8 Å². The first kappa shape index (κ1) is 45.8. The molecule has 0 spiro atoms. The number of carbonyl (C=O) groups excluding carboxylic acids is 6. The van der Waals surface area contributed by atoms with Crippen LogP contribution in [0.4, 0.5) is 0 Å². The number of unbranched alkanes of at least 4 members (excludes halogenated alkanes) is 15. The normalized spacial score (nSPS) is 16.9. The SMILES string of the molecule is CCCCCCCCOC(=O)CNC(=O)C1CC(C(=O)NCC(=O)OCCCCCCCC)CC(C(=O)NCC(=O)OCCCCCCCC)C1. The van der Waals surface area contributed by atoms with Gasteiger partial charge in [0.15, 0.2) is 0 Å². The van der Waals surface area contributed by atoms with Crippen LogP contribution >= 0.6 is 0 Å². The number of esters is 3. The van der Waals surface area contributed by atoms with Crippen LogP contribution in [-0.2, 0) is 43.0 Å². The van der Waals surface area contributed by atoms with E-state index in [1.165, 1.54) is 19.3 Å². The predicted molar refractivity (Wildman–Crippen MR) is 196 cm³/mol. The van der Waals surface area contributed by atoms with Crippen LogP contribution in [0.3, 0.4) is 0 Å². The molecular weight excluding hydrogens is 654 g/mol. The third-order valence-corrected chi connectivity index (χ3v) is 9.32. The van der Waals surface area contributed by atoms with Gasteiger partial charge in [-0.2, -0.15) is 0 Å². The lowest BCUT2D eigenvalue weighted by Crippen LogP contribution is -2.46. The molecule has 1 saturated carbocycles. The molecule has 1 aliphatic carbocycles. The van der Waals surface area contributed by atoms with E-state index in [0.29, 0.717) is 0 Å². The summed E-state index contributed by atoms with van der Waals surface area (Å²) < 4.78 is 15.8. The van der Waals surface area contributed by atoms with Gasteiger partial charge in [-0.05, 0) is 38.5 Å². The number of carbonyl (C=O) groups is 6. The highest BCUT2D eigenvalue weighted by atomic mass is 16.5. The summed E-state index contributed by atoms with van der Waals surface area (Å²) in [5.74, 6) is -5.24. The molecule has 12 heteroatoms. The molecule has 51 heavy (non-hydrogen) atoms. The largest absolute Gasteiger partial charge is 0.464 e. The van der Waals surface area contributed by atoms with Crippen LogP contribution in [0, 0.1) is 17.8 Å². The van der Waals surface area contributed by atoms with Crippen LogP contribution in [0.1, 0.15) is 156 Å². The second-order valence-corrected chi connectivity index (χ2v) is 13.9. The Morgan fingerprint density at radius 2 is 0.627 bits per heavy atom. The van der Waals surface area contributed by atoms with Crippen LogP contribution in [0.2, 0.25) is 0 Å². The Labute approximate surface area is 307 Å². The Morgan fingerprint density at radius 1 is 0.392 bits per heavy atom. The lowest BCUT2D eigenvalue weighted by molar-refractivity contribution is -0.146. The molecule has 1 aliphatic rings. The third kappa shape index (κ3) is 23.8. The summed E-state index contributed by atoms with van der Waals surface area (Å²) >= 11 is 0. The van der Waals surface area contributed by atoms with E-state index >= 15 is 0 Å². The average molecular weight is 724 g/mol. The van der Waals surface area contributed by atoms with E-state index in [1.807, 2.05) is 0 Å². The van der Waals surface area contributed by atoms with Crippen LogP contribution in [-0.4, -0.2) is 75.1 Å². The fourth-order valence-electron chi connectivity index (χ4n) is 6.23. The first-order valence-corrected chi connectivity index (χ1v) is 20.0. The van der Waals surface area contributed by atoms with E-state index < -0.39 is 53.4 Å². The molecule has 0 unspecified atom stereocenters. The van der Waals surface area contributed by atoms with E-state index in [-0.39, 0.29) is 58.7 Å². The van der Waals surface area contributed by atoms with Crippen LogP contribution in [0.15, 0.2) is 0 Å². The van der Waals surface area contributed by atoms with E-state index in [2.05, 4.69) is 36.7 Å². The number of hydrogen-bond donors (Lipinski definition) is 3. The molecule has 294 valence electrons. The van der Waals surface area contributed by atoms with Gasteiger partial charge in [0.1, 0.15) is 19.6 Å².